The number of para-hydroxylation sites is 1. The van der Waals surface area contributed by atoms with Crippen molar-refractivity contribution >= 4 is 53.2 Å². The van der Waals surface area contributed by atoms with Crippen LogP contribution in [0.5, 0.6) is 0 Å². The molecule has 2 aliphatic rings. The van der Waals surface area contributed by atoms with Crippen LogP contribution in [0.1, 0.15) is 11.3 Å². The number of aliphatic imine (C=N–C) groups is 1. The maximum Gasteiger partial charge on any atom is 0.170 e. The van der Waals surface area contributed by atoms with Gasteiger partial charge in [-0.15, -0.1) is 0 Å². The molecule has 1 saturated heterocycles. The normalized spacial score (nSPS) is 19.5. The molecule has 3 aromatic carbocycles. The van der Waals surface area contributed by atoms with Crippen LogP contribution in [-0.4, -0.2) is 58.3 Å². The van der Waals surface area contributed by atoms with Crippen LogP contribution >= 0.6 is 30.6 Å². The Bertz CT molecular complexity index is 1610. The van der Waals surface area contributed by atoms with E-state index in [0.717, 1.165) is 16.7 Å². The highest BCUT2D eigenvalue weighted by molar-refractivity contribution is 7.70. The summed E-state index contributed by atoms with van der Waals surface area (Å²) in [5.74, 6) is 0.705. The Labute approximate surface area is 236 Å². The average molecular weight is 583 g/mol. The van der Waals surface area contributed by atoms with Crippen molar-refractivity contribution in [2.75, 3.05) is 33.4 Å². The lowest BCUT2D eigenvalue weighted by molar-refractivity contribution is 0.0732. The lowest BCUT2D eigenvalue weighted by Crippen LogP contribution is -2.45. The minimum absolute atomic E-state index is 0.370. The monoisotopic (exact) mass is 582 g/mol. The number of hydrogen-bond donors (Lipinski definition) is 0. The molecule has 39 heavy (non-hydrogen) atoms. The first-order chi connectivity index (χ1) is 18.9. The summed E-state index contributed by atoms with van der Waals surface area (Å²) in [5.41, 5.74) is 2.49. The predicted octanol–water partition coefficient (Wildman–Crippen LogP) is 6.97. The van der Waals surface area contributed by atoms with Crippen molar-refractivity contribution in [3.05, 3.63) is 99.9 Å². The largest absolute Gasteiger partial charge is 0.379 e. The molecule has 7 nitrogen and oxygen atoms in total. The number of rotatable bonds is 4. The van der Waals surface area contributed by atoms with Gasteiger partial charge in [0.05, 0.1) is 45.5 Å². The molecule has 0 aliphatic carbocycles. The molecule has 200 valence electrons. The number of aryl methyl sites for hydroxylation is 1. The molecule has 2 aliphatic heterocycles. The van der Waals surface area contributed by atoms with E-state index in [9.17, 15) is 0 Å². The number of fused-ring (bicyclic) bond motifs is 1. The maximum atomic E-state index is 15.4. The number of hydrogen-bond acceptors (Lipinski definition) is 4. The van der Waals surface area contributed by atoms with Crippen LogP contribution in [0.15, 0.2) is 82.5 Å². The summed E-state index contributed by atoms with van der Waals surface area (Å²) in [7, 11) is -1.02. The zero-order valence-corrected chi connectivity index (χ0v) is 23.8. The number of morpholine rings is 1. The van der Waals surface area contributed by atoms with Gasteiger partial charge >= 0.3 is 0 Å². The van der Waals surface area contributed by atoms with Crippen LogP contribution in [0.3, 0.4) is 0 Å². The van der Waals surface area contributed by atoms with E-state index in [1.165, 1.54) is 6.07 Å². The van der Waals surface area contributed by atoms with Gasteiger partial charge in [0.1, 0.15) is 17.3 Å². The van der Waals surface area contributed by atoms with Crippen LogP contribution < -0.4 is 5.30 Å². The molecule has 4 aromatic rings. The highest BCUT2D eigenvalue weighted by Crippen LogP contribution is 2.63. The molecule has 0 N–H and O–H groups in total. The van der Waals surface area contributed by atoms with Crippen molar-refractivity contribution in [1.29, 1.82) is 0 Å². The summed E-state index contributed by atoms with van der Waals surface area (Å²) < 4.78 is 32.7. The number of ether oxygens (including phenoxy) is 1. The lowest BCUT2D eigenvalue weighted by atomic mass is 10.2. The zero-order valence-electron chi connectivity index (χ0n) is 21.4. The van der Waals surface area contributed by atoms with Gasteiger partial charge < -0.3 is 9.41 Å². The molecular formula is C28H26Cl2FN6OP. The van der Waals surface area contributed by atoms with Crippen molar-refractivity contribution in [2.45, 2.75) is 6.92 Å². The van der Waals surface area contributed by atoms with Crippen LogP contribution in [0.25, 0.3) is 5.69 Å². The second kappa shape index (κ2) is 10.5. The fraction of sp³-hybridized carbons (Fsp3) is 0.214. The van der Waals surface area contributed by atoms with Crippen molar-refractivity contribution in [2.24, 2.45) is 9.74 Å². The SMILES string of the molecule is Cc1nn(-c2ccccc2)c2c1[P@](=Nc1c(Cl)cccc1Cl)(N1CCOCC1)N(C)C(c1ccccc1F)=N2. The first-order valence-electron chi connectivity index (χ1n) is 12.5. The average Bonchev–Trinajstić information content (AvgIpc) is 3.29. The predicted molar refractivity (Wildman–Crippen MR) is 156 cm³/mol. The van der Waals surface area contributed by atoms with Gasteiger partial charge in [-0.3, -0.25) is 0 Å². The summed E-state index contributed by atoms with van der Waals surface area (Å²) in [6.07, 6.45) is 0. The van der Waals surface area contributed by atoms with Crippen molar-refractivity contribution in [1.82, 2.24) is 19.1 Å². The number of nitrogens with zero attached hydrogens (tertiary/aromatic N) is 6. The molecule has 1 atom stereocenters. The number of halogens is 3. The molecule has 0 amide bonds. The summed E-state index contributed by atoms with van der Waals surface area (Å²) in [6.45, 7) is 4.27. The van der Waals surface area contributed by atoms with Crippen LogP contribution in [0.2, 0.25) is 10.0 Å². The molecular weight excluding hydrogens is 557 g/mol. The van der Waals surface area contributed by atoms with Gasteiger partial charge in [-0.1, -0.05) is 59.6 Å². The standard InChI is InChI=1S/C28H26Cl2FN6OP/c1-19-26-28(37(33-19)20-9-4-3-5-10-20)32-27(21-11-6-7-14-24(21)31)35(2)39(26,36-15-17-38-18-16-36)34-25-22(29)12-8-13-23(25)30/h3-14H,15-18H2,1-2H3/t39-/m1/s1. The van der Waals surface area contributed by atoms with Gasteiger partial charge in [-0.2, -0.15) is 5.10 Å². The second-order valence-corrected chi connectivity index (χ2v) is 13.0. The molecule has 0 bridgehead atoms. The summed E-state index contributed by atoms with van der Waals surface area (Å²) in [5, 5.41) is 6.71. The maximum absolute atomic E-state index is 15.4. The van der Waals surface area contributed by atoms with Crippen molar-refractivity contribution in [3.63, 3.8) is 0 Å². The number of aromatic nitrogens is 2. The Kier molecular flexibility index (Phi) is 7.08. The number of benzene rings is 3. The Hall–Kier alpha value is -3.00. The van der Waals surface area contributed by atoms with Crippen LogP contribution in [0.4, 0.5) is 15.9 Å². The highest BCUT2D eigenvalue weighted by atomic mass is 35.5. The summed E-state index contributed by atoms with van der Waals surface area (Å²) >= 11 is 13.4. The molecule has 0 unspecified atom stereocenters. The molecule has 1 aromatic heterocycles. The van der Waals surface area contributed by atoms with E-state index in [-0.39, 0.29) is 5.82 Å². The van der Waals surface area contributed by atoms with Crippen molar-refractivity contribution in [3.8, 4) is 5.69 Å². The molecule has 0 spiro atoms. The Morgan fingerprint density at radius 1 is 0.923 bits per heavy atom. The molecule has 11 heteroatoms. The van der Waals surface area contributed by atoms with E-state index in [0.29, 0.717) is 59.3 Å². The topological polar surface area (TPSA) is 58.3 Å². The van der Waals surface area contributed by atoms with Crippen LogP contribution in [0, 0.1) is 12.7 Å². The van der Waals surface area contributed by atoms with Crippen molar-refractivity contribution < 1.29 is 9.13 Å². The Balaban J connectivity index is 1.75. The van der Waals surface area contributed by atoms with Crippen LogP contribution in [-0.2, 0) is 4.74 Å². The van der Waals surface area contributed by atoms with E-state index < -0.39 is 7.36 Å². The van der Waals surface area contributed by atoms with E-state index >= 15 is 4.39 Å². The van der Waals surface area contributed by atoms with E-state index in [1.807, 2.05) is 53.7 Å². The molecule has 0 radical (unpaired) electrons. The summed E-state index contributed by atoms with van der Waals surface area (Å²) in [6, 6.07) is 21.8. The molecule has 6 rings (SSSR count). The van der Waals surface area contributed by atoms with Gasteiger partial charge in [0.25, 0.3) is 0 Å². The van der Waals surface area contributed by atoms with E-state index in [2.05, 4.69) is 4.67 Å². The second-order valence-electron chi connectivity index (χ2n) is 9.25. The zero-order chi connectivity index (χ0) is 27.1. The third-order valence-corrected chi connectivity index (χ3v) is 11.3. The Morgan fingerprint density at radius 3 is 2.28 bits per heavy atom. The van der Waals surface area contributed by atoms with Gasteiger partial charge in [-0.25, -0.2) is 23.5 Å². The molecule has 1 fully saturated rings. The fourth-order valence-electron chi connectivity index (χ4n) is 5.11. The first-order valence-corrected chi connectivity index (χ1v) is 14.9. The third-order valence-electron chi connectivity index (χ3n) is 6.92. The van der Waals surface area contributed by atoms with E-state index in [4.69, 9.17) is 42.8 Å². The van der Waals surface area contributed by atoms with Gasteiger partial charge in [0.15, 0.2) is 13.2 Å². The quantitative estimate of drug-likeness (QED) is 0.244. The first kappa shape index (κ1) is 26.2. The highest BCUT2D eigenvalue weighted by Gasteiger charge is 2.46. The Morgan fingerprint density at radius 2 is 1.59 bits per heavy atom. The minimum Gasteiger partial charge on any atom is -0.379 e. The molecule has 3 heterocycles. The molecule has 0 saturated carbocycles. The summed E-state index contributed by atoms with van der Waals surface area (Å²) in [4.78, 5) is 5.08. The minimum atomic E-state index is -2.94. The number of amidine groups is 1. The van der Waals surface area contributed by atoms with E-state index in [1.54, 1.807) is 36.4 Å². The fourth-order valence-corrected chi connectivity index (χ4v) is 9.55. The smallest absolute Gasteiger partial charge is 0.170 e. The lowest BCUT2D eigenvalue weighted by Gasteiger charge is -2.46. The van der Waals surface area contributed by atoms with Gasteiger partial charge in [-0.05, 0) is 43.3 Å². The van der Waals surface area contributed by atoms with Gasteiger partial charge in [0.2, 0.25) is 0 Å². The third kappa shape index (κ3) is 4.41. The van der Waals surface area contributed by atoms with Gasteiger partial charge in [0, 0.05) is 20.1 Å².